The van der Waals surface area contributed by atoms with Crippen LogP contribution in [0.2, 0.25) is 0 Å². The summed E-state index contributed by atoms with van der Waals surface area (Å²) < 4.78 is 5.14. The van der Waals surface area contributed by atoms with Gasteiger partial charge in [-0.15, -0.1) is 0 Å². The molecule has 0 spiro atoms. The van der Waals surface area contributed by atoms with E-state index in [1.165, 1.54) is 10.7 Å². The number of rotatable bonds is 1. The zero-order chi connectivity index (χ0) is 8.43. The van der Waals surface area contributed by atoms with Crippen LogP contribution in [0.15, 0.2) is 21.9 Å². The summed E-state index contributed by atoms with van der Waals surface area (Å²) in [5.74, 6) is 0.977. The molecule has 0 unspecified atom stereocenters. The highest BCUT2D eigenvalue weighted by molar-refractivity contribution is 8.06. The second-order valence-electron chi connectivity index (χ2n) is 2.50. The Bertz CT molecular complexity index is 220. The Morgan fingerprint density at radius 1 is 1.64 bits per heavy atom. The zero-order valence-electron chi connectivity index (χ0n) is 7.34. The highest BCUT2D eigenvalue weighted by Gasteiger charge is 2.16. The Morgan fingerprint density at radius 3 is 2.64 bits per heavy atom. The van der Waals surface area contributed by atoms with Crippen molar-refractivity contribution < 1.29 is 4.74 Å². The second kappa shape index (κ2) is 3.22. The summed E-state index contributed by atoms with van der Waals surface area (Å²) in [4.78, 5) is 2.13. The molecular formula is C8H13NOS. The van der Waals surface area contributed by atoms with Crippen LogP contribution in [0.4, 0.5) is 0 Å². The molecule has 11 heavy (non-hydrogen) atoms. The summed E-state index contributed by atoms with van der Waals surface area (Å²) >= 11 is 1.71. The monoisotopic (exact) mass is 171 g/mol. The van der Waals surface area contributed by atoms with E-state index < -0.39 is 0 Å². The molecule has 0 saturated heterocycles. The summed E-state index contributed by atoms with van der Waals surface area (Å²) in [6, 6.07) is 0. The van der Waals surface area contributed by atoms with E-state index >= 15 is 0 Å². The van der Waals surface area contributed by atoms with Crippen LogP contribution in [0.3, 0.4) is 0 Å². The lowest BCUT2D eigenvalue weighted by Crippen LogP contribution is -2.10. The highest BCUT2D eigenvalue weighted by Crippen LogP contribution is 2.34. The Morgan fingerprint density at radius 2 is 2.27 bits per heavy atom. The van der Waals surface area contributed by atoms with E-state index in [4.69, 9.17) is 4.74 Å². The van der Waals surface area contributed by atoms with Gasteiger partial charge in [-0.1, -0.05) is 11.8 Å². The van der Waals surface area contributed by atoms with Crippen molar-refractivity contribution in [2.45, 2.75) is 13.8 Å². The number of allylic oxidation sites excluding steroid dienone is 2. The van der Waals surface area contributed by atoms with Crippen molar-refractivity contribution >= 4 is 11.8 Å². The van der Waals surface area contributed by atoms with Crippen LogP contribution in [0.5, 0.6) is 0 Å². The zero-order valence-corrected chi connectivity index (χ0v) is 8.16. The van der Waals surface area contributed by atoms with E-state index in [0.717, 1.165) is 5.76 Å². The van der Waals surface area contributed by atoms with Gasteiger partial charge in [0.1, 0.15) is 10.8 Å². The van der Waals surface area contributed by atoms with Crippen LogP contribution < -0.4 is 0 Å². The largest absolute Gasteiger partial charge is 0.499 e. The maximum Gasteiger partial charge on any atom is 0.123 e. The molecule has 62 valence electrons. The molecule has 0 bridgehead atoms. The fourth-order valence-corrected chi connectivity index (χ4v) is 1.86. The van der Waals surface area contributed by atoms with Gasteiger partial charge in [-0.3, -0.25) is 0 Å². The van der Waals surface area contributed by atoms with Gasteiger partial charge in [-0.05, 0) is 19.3 Å². The Hall–Kier alpha value is -0.570. The first-order valence-corrected chi connectivity index (χ1v) is 4.36. The minimum absolute atomic E-state index is 0.977. The lowest BCUT2D eigenvalue weighted by atomic mass is 10.5. The molecule has 0 fully saturated rings. The smallest absolute Gasteiger partial charge is 0.123 e. The Balaban J connectivity index is 2.82. The lowest BCUT2D eigenvalue weighted by molar-refractivity contribution is 0.282. The predicted octanol–water partition coefficient (Wildman–Crippen LogP) is 2.36. The van der Waals surface area contributed by atoms with Gasteiger partial charge in [-0.2, -0.15) is 0 Å². The number of methoxy groups -OCH3 is 1. The summed E-state index contributed by atoms with van der Waals surface area (Å²) in [6.45, 7) is 4.06. The molecule has 0 amide bonds. The van der Waals surface area contributed by atoms with Crippen LogP contribution >= 0.6 is 11.8 Å². The van der Waals surface area contributed by atoms with Crippen molar-refractivity contribution in [1.82, 2.24) is 4.90 Å². The molecule has 0 atom stereocenters. The summed E-state index contributed by atoms with van der Waals surface area (Å²) in [6.07, 6.45) is 0. The molecule has 3 heteroatoms. The van der Waals surface area contributed by atoms with E-state index in [-0.39, 0.29) is 0 Å². The maximum absolute atomic E-state index is 5.14. The van der Waals surface area contributed by atoms with Crippen molar-refractivity contribution in [3.8, 4) is 0 Å². The molecule has 1 aliphatic rings. The van der Waals surface area contributed by atoms with Crippen molar-refractivity contribution in [2.24, 2.45) is 0 Å². The third kappa shape index (κ3) is 1.53. The van der Waals surface area contributed by atoms with Crippen molar-refractivity contribution in [3.05, 3.63) is 21.9 Å². The number of ether oxygens (including phenoxy) is 1. The average molecular weight is 171 g/mol. The standard InChI is InChI=1S/C8H13NOS/c1-6-5-11-8(9(6)3)7(2)10-4/h5H,1-4H3. The summed E-state index contributed by atoms with van der Waals surface area (Å²) in [5.41, 5.74) is 1.27. The van der Waals surface area contributed by atoms with Crippen LogP contribution in [-0.4, -0.2) is 19.1 Å². The maximum atomic E-state index is 5.14. The van der Waals surface area contributed by atoms with Crippen molar-refractivity contribution in [3.63, 3.8) is 0 Å². The number of thioether (sulfide) groups is 1. The molecule has 0 aromatic heterocycles. The normalized spacial score (nSPS) is 21.8. The van der Waals surface area contributed by atoms with E-state index in [9.17, 15) is 0 Å². The SMILES string of the molecule is COC(C)=C1SC=C(C)N1C. The number of hydrogen-bond acceptors (Lipinski definition) is 3. The molecule has 0 saturated carbocycles. The van der Waals surface area contributed by atoms with Gasteiger partial charge in [0.15, 0.2) is 0 Å². The van der Waals surface area contributed by atoms with Gasteiger partial charge in [-0.25, -0.2) is 0 Å². The van der Waals surface area contributed by atoms with Gasteiger partial charge < -0.3 is 9.64 Å². The molecule has 0 aliphatic carbocycles. The minimum atomic E-state index is 0.977. The fraction of sp³-hybridized carbons (Fsp3) is 0.500. The molecule has 0 aromatic carbocycles. The van der Waals surface area contributed by atoms with E-state index in [2.05, 4.69) is 17.2 Å². The lowest BCUT2D eigenvalue weighted by Gasteiger charge is -2.16. The molecule has 1 rings (SSSR count). The van der Waals surface area contributed by atoms with Crippen LogP contribution in [0.25, 0.3) is 0 Å². The first-order valence-electron chi connectivity index (χ1n) is 3.49. The first kappa shape index (κ1) is 8.53. The third-order valence-corrected chi connectivity index (χ3v) is 3.03. The molecule has 0 aromatic rings. The quantitative estimate of drug-likeness (QED) is 0.562. The summed E-state index contributed by atoms with van der Waals surface area (Å²) in [7, 11) is 3.74. The molecule has 1 heterocycles. The van der Waals surface area contributed by atoms with Crippen LogP contribution in [0.1, 0.15) is 13.8 Å². The fourth-order valence-electron chi connectivity index (χ4n) is 0.866. The molecule has 0 radical (unpaired) electrons. The Kier molecular flexibility index (Phi) is 2.49. The average Bonchev–Trinajstić information content (AvgIpc) is 2.32. The van der Waals surface area contributed by atoms with E-state index in [1.54, 1.807) is 18.9 Å². The van der Waals surface area contributed by atoms with Gasteiger partial charge in [0.2, 0.25) is 0 Å². The van der Waals surface area contributed by atoms with E-state index in [0.29, 0.717) is 0 Å². The topological polar surface area (TPSA) is 12.5 Å². The molecule has 2 nitrogen and oxygen atoms in total. The number of nitrogens with zero attached hydrogens (tertiary/aromatic N) is 1. The predicted molar refractivity (Wildman–Crippen MR) is 48.8 cm³/mol. The van der Waals surface area contributed by atoms with Crippen molar-refractivity contribution in [1.29, 1.82) is 0 Å². The number of hydrogen-bond donors (Lipinski definition) is 0. The molecular weight excluding hydrogens is 158 g/mol. The van der Waals surface area contributed by atoms with Gasteiger partial charge in [0.05, 0.1) is 7.11 Å². The van der Waals surface area contributed by atoms with Crippen LogP contribution in [0, 0.1) is 0 Å². The third-order valence-electron chi connectivity index (χ3n) is 1.78. The summed E-state index contributed by atoms with van der Waals surface area (Å²) in [5, 5.41) is 3.31. The Labute approximate surface area is 71.9 Å². The van der Waals surface area contributed by atoms with Gasteiger partial charge in [0, 0.05) is 12.7 Å². The van der Waals surface area contributed by atoms with Crippen LogP contribution in [-0.2, 0) is 4.74 Å². The first-order chi connectivity index (χ1) is 5.16. The van der Waals surface area contributed by atoms with Gasteiger partial charge in [0.25, 0.3) is 0 Å². The van der Waals surface area contributed by atoms with Gasteiger partial charge >= 0.3 is 0 Å². The second-order valence-corrected chi connectivity index (χ2v) is 3.36. The molecule has 0 N–H and O–H groups in total. The highest BCUT2D eigenvalue weighted by atomic mass is 32.2. The molecule has 1 aliphatic heterocycles. The van der Waals surface area contributed by atoms with Crippen molar-refractivity contribution in [2.75, 3.05) is 14.2 Å². The van der Waals surface area contributed by atoms with E-state index in [1.807, 2.05) is 14.0 Å². The minimum Gasteiger partial charge on any atom is -0.499 e.